The van der Waals surface area contributed by atoms with Crippen molar-refractivity contribution < 1.29 is 14.4 Å². The minimum Gasteiger partial charge on any atom is -0.350 e. The zero-order valence-corrected chi connectivity index (χ0v) is 13.8. The van der Waals surface area contributed by atoms with E-state index in [2.05, 4.69) is 5.32 Å². The summed E-state index contributed by atoms with van der Waals surface area (Å²) < 4.78 is 0. The third kappa shape index (κ3) is 4.78. The first-order valence-electron chi connectivity index (χ1n) is 7.67. The van der Waals surface area contributed by atoms with Crippen LogP contribution in [0.5, 0.6) is 0 Å². The molecule has 24 heavy (non-hydrogen) atoms. The average Bonchev–Trinajstić information content (AvgIpc) is 2.58. The van der Waals surface area contributed by atoms with Crippen molar-refractivity contribution in [1.29, 1.82) is 0 Å². The molecular weight excluding hydrogens is 304 g/mol. The summed E-state index contributed by atoms with van der Waals surface area (Å²) in [4.78, 5) is 36.7. The van der Waals surface area contributed by atoms with Gasteiger partial charge in [-0.3, -0.25) is 14.4 Å². The van der Waals surface area contributed by atoms with Crippen LogP contribution in [0.2, 0.25) is 0 Å². The van der Waals surface area contributed by atoms with Crippen LogP contribution in [-0.4, -0.2) is 24.1 Å². The number of benzene rings is 2. The number of ketones is 1. The van der Waals surface area contributed by atoms with Crippen molar-refractivity contribution >= 4 is 23.3 Å². The summed E-state index contributed by atoms with van der Waals surface area (Å²) in [6.45, 7) is 3.23. The minimum absolute atomic E-state index is 0.0449. The van der Waals surface area contributed by atoms with Crippen LogP contribution in [0.3, 0.4) is 0 Å². The lowest BCUT2D eigenvalue weighted by atomic mass is 10.1. The molecule has 0 saturated heterocycles. The van der Waals surface area contributed by atoms with Crippen molar-refractivity contribution in [2.24, 2.45) is 0 Å². The Kier molecular flexibility index (Phi) is 5.84. The van der Waals surface area contributed by atoms with E-state index in [4.69, 9.17) is 0 Å². The molecule has 0 aliphatic heterocycles. The van der Waals surface area contributed by atoms with Crippen molar-refractivity contribution in [1.82, 2.24) is 5.32 Å². The maximum atomic E-state index is 12.1. The van der Waals surface area contributed by atoms with Gasteiger partial charge in [-0.15, -0.1) is 0 Å². The molecule has 5 nitrogen and oxygen atoms in total. The quantitative estimate of drug-likeness (QED) is 0.831. The van der Waals surface area contributed by atoms with Gasteiger partial charge in [-0.2, -0.15) is 0 Å². The molecule has 2 rings (SSSR count). The van der Waals surface area contributed by atoms with Crippen LogP contribution in [-0.2, 0) is 16.1 Å². The number of carbonyl (C=O) groups excluding carboxylic acids is 3. The van der Waals surface area contributed by atoms with Gasteiger partial charge in [0.05, 0.1) is 0 Å². The highest BCUT2D eigenvalue weighted by Gasteiger charge is 2.16. The molecule has 0 unspecified atom stereocenters. The van der Waals surface area contributed by atoms with E-state index in [1.165, 1.54) is 18.7 Å². The van der Waals surface area contributed by atoms with Gasteiger partial charge in [-0.1, -0.05) is 30.3 Å². The molecule has 0 saturated carbocycles. The fourth-order valence-electron chi connectivity index (χ4n) is 2.26. The second-order valence-corrected chi connectivity index (χ2v) is 5.47. The number of hydrogen-bond acceptors (Lipinski definition) is 3. The summed E-state index contributed by atoms with van der Waals surface area (Å²) in [7, 11) is 0. The van der Waals surface area contributed by atoms with Gasteiger partial charge in [0, 0.05) is 24.7 Å². The molecule has 5 heteroatoms. The number of Topliss-reactive ketones (excluding diaryl/α,β-unsaturated/α-hetero) is 1. The first kappa shape index (κ1) is 17.4. The molecule has 2 aromatic rings. The zero-order valence-electron chi connectivity index (χ0n) is 13.8. The van der Waals surface area contributed by atoms with Gasteiger partial charge in [0.15, 0.2) is 5.78 Å². The third-order valence-electron chi connectivity index (χ3n) is 3.60. The van der Waals surface area contributed by atoms with E-state index in [1.54, 1.807) is 24.3 Å². The Hall–Kier alpha value is -2.95. The Balaban J connectivity index is 2.01. The molecule has 0 aliphatic rings. The van der Waals surface area contributed by atoms with Gasteiger partial charge in [0.2, 0.25) is 11.8 Å². The Morgan fingerprint density at radius 2 is 1.54 bits per heavy atom. The molecule has 0 aromatic heterocycles. The van der Waals surface area contributed by atoms with Crippen molar-refractivity contribution in [2.75, 3.05) is 11.4 Å². The van der Waals surface area contributed by atoms with E-state index in [-0.39, 0.29) is 24.1 Å². The summed E-state index contributed by atoms with van der Waals surface area (Å²) in [6, 6.07) is 16.2. The molecule has 0 aliphatic carbocycles. The summed E-state index contributed by atoms with van der Waals surface area (Å²) in [5.41, 5.74) is 2.14. The Morgan fingerprint density at radius 3 is 2.08 bits per heavy atom. The lowest BCUT2D eigenvalue weighted by molar-refractivity contribution is -0.123. The monoisotopic (exact) mass is 324 g/mol. The third-order valence-corrected chi connectivity index (χ3v) is 3.60. The number of rotatable bonds is 6. The number of nitrogens with one attached hydrogen (secondary N) is 1. The zero-order chi connectivity index (χ0) is 17.5. The van der Waals surface area contributed by atoms with Crippen molar-refractivity contribution in [3.8, 4) is 0 Å². The van der Waals surface area contributed by atoms with E-state index in [0.717, 1.165) is 5.56 Å². The lowest BCUT2D eigenvalue weighted by Crippen LogP contribution is -2.39. The SMILES string of the molecule is CC(=O)c1ccc(N(CC(=O)NCc2ccccc2)C(C)=O)cc1. The van der Waals surface area contributed by atoms with E-state index in [0.29, 0.717) is 17.8 Å². The fraction of sp³-hybridized carbons (Fsp3) is 0.211. The first-order chi connectivity index (χ1) is 11.5. The van der Waals surface area contributed by atoms with E-state index in [9.17, 15) is 14.4 Å². The van der Waals surface area contributed by atoms with Gasteiger partial charge in [-0.05, 0) is 36.8 Å². The molecule has 0 radical (unpaired) electrons. The van der Waals surface area contributed by atoms with Crippen molar-refractivity contribution in [3.63, 3.8) is 0 Å². The smallest absolute Gasteiger partial charge is 0.240 e. The maximum Gasteiger partial charge on any atom is 0.240 e. The second kappa shape index (κ2) is 8.06. The molecule has 0 atom stereocenters. The maximum absolute atomic E-state index is 12.1. The summed E-state index contributed by atoms with van der Waals surface area (Å²) >= 11 is 0. The summed E-state index contributed by atoms with van der Waals surface area (Å²) in [5, 5.41) is 2.80. The molecule has 2 aromatic carbocycles. The van der Waals surface area contributed by atoms with E-state index in [1.807, 2.05) is 30.3 Å². The van der Waals surface area contributed by atoms with Crippen LogP contribution in [0.15, 0.2) is 54.6 Å². The van der Waals surface area contributed by atoms with Crippen LogP contribution < -0.4 is 10.2 Å². The standard InChI is InChI=1S/C19H20N2O3/c1-14(22)17-8-10-18(11-9-17)21(15(2)23)13-19(24)20-12-16-6-4-3-5-7-16/h3-11H,12-13H2,1-2H3,(H,20,24). The Labute approximate surface area is 141 Å². The Morgan fingerprint density at radius 1 is 0.917 bits per heavy atom. The predicted octanol–water partition coefficient (Wildman–Crippen LogP) is 2.56. The summed E-state index contributed by atoms with van der Waals surface area (Å²) in [5.74, 6) is -0.526. The highest BCUT2D eigenvalue weighted by atomic mass is 16.2. The normalized spacial score (nSPS) is 10.1. The summed E-state index contributed by atoms with van der Waals surface area (Å²) in [6.07, 6.45) is 0. The molecule has 0 fully saturated rings. The number of amides is 2. The fourth-order valence-corrected chi connectivity index (χ4v) is 2.26. The van der Waals surface area contributed by atoms with Crippen LogP contribution in [0.4, 0.5) is 5.69 Å². The van der Waals surface area contributed by atoms with Gasteiger partial charge >= 0.3 is 0 Å². The predicted molar refractivity (Wildman–Crippen MR) is 92.8 cm³/mol. The molecule has 0 heterocycles. The van der Waals surface area contributed by atoms with Crippen LogP contribution in [0.1, 0.15) is 29.8 Å². The molecule has 0 bridgehead atoms. The Bertz CT molecular complexity index is 724. The molecule has 0 spiro atoms. The number of hydrogen-bond donors (Lipinski definition) is 1. The van der Waals surface area contributed by atoms with Gasteiger partial charge in [-0.25, -0.2) is 0 Å². The molecular formula is C19H20N2O3. The van der Waals surface area contributed by atoms with Crippen LogP contribution >= 0.6 is 0 Å². The highest BCUT2D eigenvalue weighted by Crippen LogP contribution is 2.16. The highest BCUT2D eigenvalue weighted by molar-refractivity contribution is 5.98. The minimum atomic E-state index is -0.246. The molecule has 124 valence electrons. The molecule has 2 amide bonds. The van der Waals surface area contributed by atoms with E-state index >= 15 is 0 Å². The van der Waals surface area contributed by atoms with Crippen LogP contribution in [0, 0.1) is 0 Å². The largest absolute Gasteiger partial charge is 0.350 e. The number of nitrogens with zero attached hydrogens (tertiary/aromatic N) is 1. The number of carbonyl (C=O) groups is 3. The topological polar surface area (TPSA) is 66.5 Å². The first-order valence-corrected chi connectivity index (χ1v) is 7.67. The average molecular weight is 324 g/mol. The van der Waals surface area contributed by atoms with Gasteiger partial charge in [0.1, 0.15) is 6.54 Å². The molecule has 1 N–H and O–H groups in total. The van der Waals surface area contributed by atoms with Crippen molar-refractivity contribution in [3.05, 3.63) is 65.7 Å². The van der Waals surface area contributed by atoms with E-state index < -0.39 is 0 Å². The number of anilines is 1. The lowest BCUT2D eigenvalue weighted by Gasteiger charge is -2.21. The van der Waals surface area contributed by atoms with Crippen LogP contribution in [0.25, 0.3) is 0 Å². The van der Waals surface area contributed by atoms with Gasteiger partial charge < -0.3 is 10.2 Å². The second-order valence-electron chi connectivity index (χ2n) is 5.47. The van der Waals surface area contributed by atoms with Gasteiger partial charge in [0.25, 0.3) is 0 Å². The van der Waals surface area contributed by atoms with Crippen molar-refractivity contribution in [2.45, 2.75) is 20.4 Å².